The molecule has 522 valence electrons. The third-order valence-corrected chi connectivity index (χ3v) is 23.5. The van der Waals surface area contributed by atoms with Gasteiger partial charge in [-0.05, 0) is 184 Å². The maximum atomic E-state index is 16.5. The van der Waals surface area contributed by atoms with E-state index in [2.05, 4.69) is 0 Å². The summed E-state index contributed by atoms with van der Waals surface area (Å²) >= 11 is 2.27. The van der Waals surface area contributed by atoms with Crippen molar-refractivity contribution < 1.29 is 70.6 Å². The molecule has 0 aliphatic carbocycles. The summed E-state index contributed by atoms with van der Waals surface area (Å²) in [4.78, 5) is 8.28. The van der Waals surface area contributed by atoms with Crippen LogP contribution in [0, 0.1) is 0 Å². The van der Waals surface area contributed by atoms with E-state index in [9.17, 15) is 13.2 Å². The molecule has 2 aromatic heterocycles. The van der Waals surface area contributed by atoms with Crippen molar-refractivity contribution in [1.29, 1.82) is 0 Å². The van der Waals surface area contributed by atoms with E-state index in [0.29, 0.717) is 80.2 Å². The summed E-state index contributed by atoms with van der Waals surface area (Å²) in [5.74, 6) is -0.403. The van der Waals surface area contributed by atoms with Gasteiger partial charge in [-0.15, -0.1) is 22.7 Å². The number of thiophene rings is 2. The predicted molar refractivity (Wildman–Crippen MR) is 396 cm³/mol. The van der Waals surface area contributed by atoms with Crippen LogP contribution in [0.1, 0.15) is 27.8 Å². The van der Waals surface area contributed by atoms with Gasteiger partial charge in [0, 0.05) is 109 Å². The van der Waals surface area contributed by atoms with Gasteiger partial charge in [0.25, 0.3) is 20.1 Å². The number of nitrogens with zero attached hydrogens (tertiary/aromatic N) is 5. The van der Waals surface area contributed by atoms with Gasteiger partial charge in [-0.3, -0.25) is 0 Å². The average Bonchev–Trinajstić information content (AvgIpc) is 1.55. The highest BCUT2D eigenvalue weighted by molar-refractivity contribution is 7.34. The second kappa shape index (κ2) is 22.5. The van der Waals surface area contributed by atoms with Gasteiger partial charge < -0.3 is 29.2 Å². The minimum Gasteiger partial charge on any atom is -0.457 e. The number of alkyl halides is 15. The molecular weight excluding hydrogens is 1440 g/mol. The van der Waals surface area contributed by atoms with Crippen LogP contribution in [0.15, 0.2) is 249 Å². The summed E-state index contributed by atoms with van der Waals surface area (Å²) in [6, 6.07) is 62.2. The Balaban J connectivity index is 0.943. The largest absolute Gasteiger partial charge is 0.457 e. The van der Waals surface area contributed by atoms with Crippen LogP contribution in [0.4, 0.5) is 151 Å². The number of benzene rings is 12. The highest BCUT2D eigenvalue weighted by atomic mass is 32.1. The van der Waals surface area contributed by atoms with Crippen molar-refractivity contribution >= 4 is 196 Å². The summed E-state index contributed by atoms with van der Waals surface area (Å²) in [6.45, 7) is -3.38. The molecule has 0 saturated carbocycles. The molecule has 8 heterocycles. The first-order valence-electron chi connectivity index (χ1n) is 33.6. The fourth-order valence-electron chi connectivity index (χ4n) is 16.8. The van der Waals surface area contributed by atoms with Gasteiger partial charge in [-0.25, -0.2) is 0 Å². The highest BCUT2D eigenvalue weighted by Gasteiger charge is 2.54. The van der Waals surface area contributed by atoms with Crippen LogP contribution in [0.3, 0.4) is 0 Å². The quantitative estimate of drug-likeness (QED) is 0.126. The number of rotatable bonds is 5. The summed E-state index contributed by atoms with van der Waals surface area (Å²) in [5.41, 5.74) is 0.363. The first-order valence-corrected chi connectivity index (χ1v) is 35.2. The molecule has 0 bridgehead atoms. The number of anilines is 15. The molecule has 0 saturated heterocycles. The molecule has 0 fully saturated rings. The monoisotopic (exact) mass is 1480 g/mol. The Labute approximate surface area is 606 Å². The summed E-state index contributed by atoms with van der Waals surface area (Å²) < 4.78 is 243. The Morgan fingerprint density at radius 2 is 0.570 bits per heavy atom. The highest BCUT2D eigenvalue weighted by Crippen LogP contribution is 2.56. The van der Waals surface area contributed by atoms with E-state index in [-0.39, 0.29) is 84.6 Å². The number of fused-ring (bicyclic) bond motifs is 16. The molecule has 26 heteroatoms. The summed E-state index contributed by atoms with van der Waals surface area (Å²) in [7, 11) is 0. The molecule has 0 unspecified atom stereocenters. The van der Waals surface area contributed by atoms with Crippen LogP contribution in [0.5, 0.6) is 11.5 Å². The van der Waals surface area contributed by atoms with Crippen molar-refractivity contribution in [2.45, 2.75) is 30.9 Å². The van der Waals surface area contributed by atoms with Crippen LogP contribution < -0.4 is 77.0 Å². The van der Waals surface area contributed by atoms with Crippen molar-refractivity contribution in [3.63, 3.8) is 0 Å². The maximum Gasteiger partial charge on any atom is 0.416 e. The Morgan fingerprint density at radius 3 is 0.963 bits per heavy atom. The molecule has 20 rings (SSSR count). The van der Waals surface area contributed by atoms with Gasteiger partial charge in [-0.1, -0.05) is 103 Å². The van der Waals surface area contributed by atoms with Crippen molar-refractivity contribution in [2.75, 3.05) is 24.5 Å². The van der Waals surface area contributed by atoms with Crippen molar-refractivity contribution in [2.24, 2.45) is 0 Å². The van der Waals surface area contributed by atoms with Gasteiger partial charge in [0.1, 0.15) is 11.5 Å². The predicted octanol–water partition coefficient (Wildman–Crippen LogP) is 19.8. The van der Waals surface area contributed by atoms with Gasteiger partial charge in [0.2, 0.25) is 0 Å². The lowest BCUT2D eigenvalue weighted by molar-refractivity contribution is -0.138. The van der Waals surface area contributed by atoms with Gasteiger partial charge in [0.15, 0.2) is 0 Å². The van der Waals surface area contributed by atoms with Crippen LogP contribution in [0.25, 0.3) is 20.2 Å². The molecule has 0 N–H and O–H groups in total. The zero-order chi connectivity index (χ0) is 73.4. The number of hydrogen-bond acceptors (Lipinski definition) is 8. The Hall–Kier alpha value is -11.5. The number of hydrogen-bond donors (Lipinski definition) is 0. The lowest BCUT2D eigenvalue weighted by Gasteiger charge is -2.48. The number of para-hydroxylation sites is 5. The van der Waals surface area contributed by atoms with Gasteiger partial charge in [-0.2, -0.15) is 65.9 Å². The Morgan fingerprint density at radius 1 is 0.262 bits per heavy atom. The fraction of sp³-hybridized carbons (Fsp3) is 0.0617. The minimum atomic E-state index is -5.05. The average molecular weight is 1480 g/mol. The van der Waals surface area contributed by atoms with Gasteiger partial charge >= 0.3 is 30.9 Å². The molecule has 107 heavy (non-hydrogen) atoms. The minimum absolute atomic E-state index is 0.00276. The zero-order valence-corrected chi connectivity index (χ0v) is 56.2. The molecule has 0 atom stereocenters. The molecule has 6 nitrogen and oxygen atoms in total. The van der Waals surface area contributed by atoms with E-state index < -0.39 is 78.8 Å². The molecule has 0 radical (unpaired) electrons. The summed E-state index contributed by atoms with van der Waals surface area (Å²) in [6.07, 6.45) is -24.8. The zero-order valence-electron chi connectivity index (χ0n) is 54.5. The third-order valence-electron chi connectivity index (χ3n) is 21.0. The topological polar surface area (TPSA) is 25.4 Å². The van der Waals surface area contributed by atoms with Crippen molar-refractivity contribution in [3.8, 4) is 11.5 Å². The van der Waals surface area contributed by atoms with E-state index >= 15 is 52.7 Å². The molecule has 12 aromatic carbocycles. The van der Waals surface area contributed by atoms with Gasteiger partial charge in [0.05, 0.1) is 33.5 Å². The molecule has 6 aliphatic rings. The van der Waals surface area contributed by atoms with E-state index in [4.69, 9.17) is 4.74 Å². The van der Waals surface area contributed by atoms with Crippen LogP contribution in [-0.4, -0.2) is 20.1 Å². The van der Waals surface area contributed by atoms with E-state index in [0.717, 1.165) is 72.0 Å². The van der Waals surface area contributed by atoms with Crippen LogP contribution in [-0.2, 0) is 30.9 Å². The molecule has 14 aromatic rings. The Bertz CT molecular complexity index is 6100. The van der Waals surface area contributed by atoms with Crippen LogP contribution in [0.2, 0.25) is 0 Å². The first kappa shape index (κ1) is 65.1. The third kappa shape index (κ3) is 9.72. The molecule has 0 spiro atoms. The van der Waals surface area contributed by atoms with E-state index in [1.807, 2.05) is 12.1 Å². The molecular formula is C81H41B3F15N5OS2. The fourth-order valence-corrected chi connectivity index (χ4v) is 19.3. The Kier molecular flexibility index (Phi) is 13.7. The summed E-state index contributed by atoms with van der Waals surface area (Å²) in [5, 5.41) is 0.0796. The normalized spacial score (nSPS) is 14.6. The lowest BCUT2D eigenvalue weighted by atomic mass is 9.30. The smallest absolute Gasteiger partial charge is 0.416 e. The SMILES string of the molecule is FC(F)(F)c1cc2c3c(c1)N(c1ccccc1)c1cc4c(cc1B3c1sc3ccc(C(F)(F)F)cc3c1O2)B1c2cc3c(cc2N(c2ccccc2)c2cc(C(F)(F)F)cc(c21)N4c1ccccc1)N(c1ccccc1)c1cc(C(F)(F)F)cc2c1B3c1sc3ccc(C(F)(F)F)cc3c1N2c1ccccc1. The van der Waals surface area contributed by atoms with E-state index in [1.165, 1.54) is 23.5 Å². The molecule has 6 aliphatic heterocycles. The van der Waals surface area contributed by atoms with E-state index in [1.54, 1.807) is 188 Å². The number of ether oxygens (including phenoxy) is 1. The first-order chi connectivity index (χ1) is 51.2. The maximum absolute atomic E-state index is 16.5. The second-order valence-electron chi connectivity index (χ2n) is 27.0. The standard InChI is InChI=1S/C81H41B3F15N5OS2/c85-77(86,87)42-26-28-68-52(30-42)73-75(106-68)83-56-38-54-58(40-60(56)102(49-20-10-3-11-21-49)64-34-45(80(94,95)96)35-65(71(64)83)104(73)51-24-14-5-15-25-51)100(47-16-6-1-7-17-47)62-32-44(79(91,92)93)33-63-70(62)82(54)55-39-57-61(41-59(55)101(63)48-18-8-2-9-19-48)103(50-22-12-4-13-23-50)66-36-46(81(97,98)99)37-67-72(66)84(57)76-74(105-67)53-31-43(78(88,89)90)27-29-69(53)107-76/h1-41H. The molecule has 0 amide bonds. The lowest BCUT2D eigenvalue weighted by Crippen LogP contribution is -2.66. The second-order valence-corrected chi connectivity index (χ2v) is 29.1. The van der Waals surface area contributed by atoms with Crippen molar-refractivity contribution in [3.05, 3.63) is 277 Å². The number of halogens is 15. The van der Waals surface area contributed by atoms with Crippen molar-refractivity contribution in [1.82, 2.24) is 0 Å². The van der Waals surface area contributed by atoms with Crippen LogP contribution >= 0.6 is 22.7 Å².